The number of pyridine rings is 1. The van der Waals surface area contributed by atoms with E-state index < -0.39 is 5.91 Å². The van der Waals surface area contributed by atoms with E-state index in [4.69, 9.17) is 4.74 Å². The average molecular weight is 398 g/mol. The van der Waals surface area contributed by atoms with E-state index in [1.807, 2.05) is 54.0 Å². The number of halogens is 1. The molecule has 2 unspecified atom stereocenters. The summed E-state index contributed by atoms with van der Waals surface area (Å²) < 4.78 is 22.0. The smallest absolute Gasteiger partial charge is 0.213 e. The van der Waals surface area contributed by atoms with Gasteiger partial charge in [-0.3, -0.25) is 4.57 Å². The van der Waals surface area contributed by atoms with Crippen molar-refractivity contribution in [1.29, 1.82) is 0 Å². The maximum Gasteiger partial charge on any atom is 0.213 e. The minimum atomic E-state index is -1.26. The number of aromatic nitrogens is 4. The molecular weight excluding hydrogens is 374 g/mol. The molecule has 28 heavy (non-hydrogen) atoms. The predicted molar refractivity (Wildman–Crippen MR) is 110 cm³/mol. The van der Waals surface area contributed by atoms with Crippen molar-refractivity contribution in [3.8, 4) is 11.6 Å². The summed E-state index contributed by atoms with van der Waals surface area (Å²) in [7, 11) is 2.18. The third kappa shape index (κ3) is 4.07. The van der Waals surface area contributed by atoms with Crippen molar-refractivity contribution in [3.63, 3.8) is 0 Å². The van der Waals surface area contributed by atoms with Crippen LogP contribution in [0.1, 0.15) is 54.7 Å². The van der Waals surface area contributed by atoms with Crippen molar-refractivity contribution < 1.29 is 9.13 Å². The molecule has 0 spiro atoms. The Kier molecular flexibility index (Phi) is 5.67. The number of aryl methyl sites for hydroxylation is 1. The Morgan fingerprint density at radius 2 is 1.82 bits per heavy atom. The molecule has 0 aliphatic heterocycles. The van der Waals surface area contributed by atoms with Crippen molar-refractivity contribution >= 4 is 9.24 Å². The van der Waals surface area contributed by atoms with Gasteiger partial charge >= 0.3 is 0 Å². The molecular formula is C21H24FN4OP. The number of rotatable bonds is 5. The lowest BCUT2D eigenvalue weighted by Crippen LogP contribution is -2.25. The summed E-state index contributed by atoms with van der Waals surface area (Å²) in [5.41, 5.74) is 2.06. The van der Waals surface area contributed by atoms with Gasteiger partial charge in [-0.05, 0) is 50.8 Å². The Labute approximate surface area is 166 Å². The number of hydrogen-bond acceptors (Lipinski definition) is 4. The van der Waals surface area contributed by atoms with Crippen molar-refractivity contribution in [3.05, 3.63) is 65.9 Å². The van der Waals surface area contributed by atoms with Gasteiger partial charge in [0.05, 0.1) is 0 Å². The van der Waals surface area contributed by atoms with E-state index >= 15 is 0 Å². The first-order valence-electron chi connectivity index (χ1n) is 9.61. The van der Waals surface area contributed by atoms with Gasteiger partial charge in [-0.2, -0.15) is 0 Å². The largest absolute Gasteiger partial charge is 0.474 e. The van der Waals surface area contributed by atoms with Crippen molar-refractivity contribution in [1.82, 2.24) is 19.7 Å². The molecule has 0 N–H and O–H groups in total. The first-order chi connectivity index (χ1) is 13.6. The lowest BCUT2D eigenvalue weighted by molar-refractivity contribution is 0.139. The fourth-order valence-corrected chi connectivity index (χ4v) is 3.95. The molecule has 2 atom stereocenters. The van der Waals surface area contributed by atoms with Crippen LogP contribution in [0, 0.1) is 6.92 Å². The summed E-state index contributed by atoms with van der Waals surface area (Å²) in [4.78, 5) is 4.24. The molecule has 1 saturated carbocycles. The van der Waals surface area contributed by atoms with Crippen molar-refractivity contribution in [2.24, 2.45) is 0 Å². The molecule has 146 valence electrons. The average Bonchev–Trinajstić information content (AvgIpc) is 3.15. The summed E-state index contributed by atoms with van der Waals surface area (Å²) in [5.74, 6) is 0.802. The van der Waals surface area contributed by atoms with Crippen LogP contribution in [0.5, 0.6) is 5.88 Å². The third-order valence-corrected chi connectivity index (χ3v) is 5.51. The highest BCUT2D eigenvalue weighted by Crippen LogP contribution is 2.36. The summed E-state index contributed by atoms with van der Waals surface area (Å²) in [6.07, 6.45) is 5.57. The van der Waals surface area contributed by atoms with Crippen LogP contribution in [0.3, 0.4) is 0 Å². The summed E-state index contributed by atoms with van der Waals surface area (Å²) in [6.45, 7) is 2.04. The molecule has 2 aromatic heterocycles. The molecule has 5 nitrogen and oxygen atoms in total. The highest BCUT2D eigenvalue weighted by atomic mass is 31.0. The lowest BCUT2D eigenvalue weighted by atomic mass is 9.86. The second-order valence-electron chi connectivity index (χ2n) is 7.25. The van der Waals surface area contributed by atoms with E-state index in [1.165, 1.54) is 0 Å². The molecule has 1 aliphatic carbocycles. The van der Waals surface area contributed by atoms with Crippen LogP contribution in [0.15, 0.2) is 48.7 Å². The topological polar surface area (TPSA) is 52.8 Å². The molecule has 3 aromatic rings. The van der Waals surface area contributed by atoms with E-state index in [0.29, 0.717) is 11.7 Å². The number of nitrogens with zero attached hydrogens (tertiary/aromatic N) is 4. The molecule has 0 radical (unpaired) electrons. The molecule has 0 amide bonds. The van der Waals surface area contributed by atoms with Crippen molar-refractivity contribution in [2.45, 2.75) is 50.5 Å². The van der Waals surface area contributed by atoms with E-state index in [9.17, 15) is 4.39 Å². The number of hydrogen-bond donors (Lipinski definition) is 0. The maximum atomic E-state index is 14.2. The fraction of sp³-hybridized carbons (Fsp3) is 0.381. The fourth-order valence-electron chi connectivity index (χ4n) is 3.74. The zero-order valence-electron chi connectivity index (χ0n) is 15.8. The Morgan fingerprint density at radius 3 is 2.46 bits per heavy atom. The Morgan fingerprint density at radius 1 is 1.07 bits per heavy atom. The van der Waals surface area contributed by atoms with Gasteiger partial charge in [-0.25, -0.2) is 9.37 Å². The van der Waals surface area contributed by atoms with Crippen LogP contribution in [0.4, 0.5) is 4.39 Å². The second-order valence-corrected chi connectivity index (χ2v) is 7.83. The standard InChI is InChI=1S/C21H24FN4OP/c1-14-5-9-16(10-6-14)26-20(24-25-21(26)19(22)28)15-7-11-17(12-8-15)27-18-4-2-3-13-23-18/h2-6,9-10,13,15,17,19H,7-8,11-12,28H2,1H3. The first-order valence-corrected chi connectivity index (χ1v) is 10.3. The van der Waals surface area contributed by atoms with Crippen LogP contribution < -0.4 is 4.74 Å². The monoisotopic (exact) mass is 398 g/mol. The third-order valence-electron chi connectivity index (χ3n) is 5.22. The zero-order valence-corrected chi connectivity index (χ0v) is 17.0. The molecule has 1 aliphatic rings. The quantitative estimate of drug-likeness (QED) is 0.573. The summed E-state index contributed by atoms with van der Waals surface area (Å²) >= 11 is 0. The predicted octanol–water partition coefficient (Wildman–Crippen LogP) is 4.92. The first kappa shape index (κ1) is 19.0. The molecule has 2 heterocycles. The number of ether oxygens (including phenoxy) is 1. The molecule has 7 heteroatoms. The molecule has 0 saturated heterocycles. The van der Waals surface area contributed by atoms with Gasteiger partial charge in [0.15, 0.2) is 11.7 Å². The van der Waals surface area contributed by atoms with Gasteiger partial charge in [0.25, 0.3) is 0 Å². The van der Waals surface area contributed by atoms with Gasteiger partial charge in [-0.15, -0.1) is 10.2 Å². The maximum absolute atomic E-state index is 14.2. The molecule has 1 fully saturated rings. The van der Waals surface area contributed by atoms with Crippen LogP contribution in [0.25, 0.3) is 5.69 Å². The van der Waals surface area contributed by atoms with Crippen LogP contribution >= 0.6 is 9.24 Å². The second kappa shape index (κ2) is 8.36. The van der Waals surface area contributed by atoms with Gasteiger partial charge in [0, 0.05) is 23.9 Å². The number of benzene rings is 1. The highest BCUT2D eigenvalue weighted by Gasteiger charge is 2.30. The molecule has 1 aromatic carbocycles. The van der Waals surface area contributed by atoms with Crippen LogP contribution in [0.2, 0.25) is 0 Å². The SMILES string of the molecule is Cc1ccc(-n2c(C(F)P)nnc2C2CCC(Oc3ccccn3)CC2)cc1. The van der Waals surface area contributed by atoms with E-state index in [-0.39, 0.29) is 12.0 Å². The van der Waals surface area contributed by atoms with E-state index in [2.05, 4.69) is 24.4 Å². The Bertz CT molecular complexity index is 906. The van der Waals surface area contributed by atoms with Crippen molar-refractivity contribution in [2.75, 3.05) is 0 Å². The van der Waals surface area contributed by atoms with Crippen LogP contribution in [-0.2, 0) is 0 Å². The Balaban J connectivity index is 1.53. The minimum absolute atomic E-state index is 0.150. The molecule has 4 rings (SSSR count). The van der Waals surface area contributed by atoms with Gasteiger partial charge in [0.2, 0.25) is 5.88 Å². The lowest BCUT2D eigenvalue weighted by Gasteiger charge is -2.28. The van der Waals surface area contributed by atoms with Gasteiger partial charge in [-0.1, -0.05) is 33.0 Å². The van der Waals surface area contributed by atoms with E-state index in [0.717, 1.165) is 42.8 Å². The van der Waals surface area contributed by atoms with Gasteiger partial charge in [0.1, 0.15) is 11.9 Å². The summed E-state index contributed by atoms with van der Waals surface area (Å²) in [6, 6.07) is 13.7. The highest BCUT2D eigenvalue weighted by molar-refractivity contribution is 7.16. The normalized spacial score (nSPS) is 20.7. The molecule has 0 bridgehead atoms. The zero-order chi connectivity index (χ0) is 19.5. The van der Waals surface area contributed by atoms with Crippen LogP contribution in [-0.4, -0.2) is 25.9 Å². The summed E-state index contributed by atoms with van der Waals surface area (Å²) in [5, 5.41) is 8.53. The van der Waals surface area contributed by atoms with Gasteiger partial charge < -0.3 is 4.74 Å². The van der Waals surface area contributed by atoms with E-state index in [1.54, 1.807) is 6.20 Å². The number of alkyl halides is 1. The Hall–Kier alpha value is -2.33. The minimum Gasteiger partial charge on any atom is -0.474 e.